The Morgan fingerprint density at radius 3 is 2.26 bits per heavy atom. The maximum absolute atomic E-state index is 12.6. The quantitative estimate of drug-likeness (QED) is 0.333. The van der Waals surface area contributed by atoms with E-state index in [2.05, 4.69) is 20.0 Å². The van der Waals surface area contributed by atoms with Gasteiger partial charge in [-0.1, -0.05) is 0 Å². The summed E-state index contributed by atoms with van der Waals surface area (Å²) in [5, 5.41) is 3.69. The summed E-state index contributed by atoms with van der Waals surface area (Å²) in [6.45, 7) is -2.66. The smallest absolute Gasteiger partial charge is 0.387 e. The third kappa shape index (κ3) is 7.36. The first-order valence-corrected chi connectivity index (χ1v) is 8.91. The molecule has 0 aliphatic carbocycles. The minimum atomic E-state index is -3.21. The molecule has 2 aromatic carbocycles. The number of benzene rings is 2. The zero-order chi connectivity index (χ0) is 23.0. The third-order valence-electron chi connectivity index (χ3n) is 3.58. The van der Waals surface area contributed by atoms with Crippen molar-refractivity contribution in [2.24, 2.45) is 5.10 Å². The summed E-state index contributed by atoms with van der Waals surface area (Å²) in [6.07, 6.45) is 0.926. The maximum atomic E-state index is 12.6. The lowest BCUT2D eigenvalue weighted by molar-refractivity contribution is -0.0543. The molecule has 0 unspecified atom stereocenters. The van der Waals surface area contributed by atoms with Gasteiger partial charge in [-0.25, -0.2) is 5.43 Å². The van der Waals surface area contributed by atoms with E-state index in [1.807, 2.05) is 13.8 Å². The van der Waals surface area contributed by atoms with Crippen LogP contribution in [-0.2, 0) is 0 Å². The number of alkyl halides is 4. The zero-order valence-corrected chi connectivity index (χ0v) is 16.8. The van der Waals surface area contributed by atoms with Gasteiger partial charge in [0.05, 0.1) is 19.4 Å². The standard InChI is InChI=1S/C20H20F4N2O5/c1-11(2)29-15-7-5-12(8-17(15)28-3)18(27)26-25-10-13-4-6-14(30-19(21)22)9-16(13)31-20(23)24/h4-11,19-20H,1-3H3,(H,26,27)/b25-10+. The van der Waals surface area contributed by atoms with Crippen LogP contribution in [-0.4, -0.2) is 38.6 Å². The number of carbonyl (C=O) groups excluding carboxylic acids is 1. The Kier molecular flexibility index (Phi) is 8.47. The molecule has 7 nitrogen and oxygen atoms in total. The molecule has 1 N–H and O–H groups in total. The van der Waals surface area contributed by atoms with Crippen LogP contribution in [0.1, 0.15) is 29.8 Å². The third-order valence-corrected chi connectivity index (χ3v) is 3.58. The fourth-order valence-corrected chi connectivity index (χ4v) is 2.38. The monoisotopic (exact) mass is 444 g/mol. The molecule has 11 heteroatoms. The molecule has 2 aromatic rings. The average molecular weight is 444 g/mol. The first-order chi connectivity index (χ1) is 14.7. The van der Waals surface area contributed by atoms with Gasteiger partial charge in [0, 0.05) is 17.2 Å². The van der Waals surface area contributed by atoms with Gasteiger partial charge in [-0.05, 0) is 44.2 Å². The highest BCUT2D eigenvalue weighted by Crippen LogP contribution is 2.29. The van der Waals surface area contributed by atoms with E-state index in [0.717, 1.165) is 18.3 Å². The largest absolute Gasteiger partial charge is 0.493 e. The Bertz CT molecular complexity index is 922. The lowest BCUT2D eigenvalue weighted by atomic mass is 10.2. The number of nitrogens with one attached hydrogen (secondary N) is 1. The Hall–Kier alpha value is -3.50. The summed E-state index contributed by atoms with van der Waals surface area (Å²) in [5.74, 6) is -0.643. The molecule has 0 saturated heterocycles. The summed E-state index contributed by atoms with van der Waals surface area (Å²) in [6, 6.07) is 7.66. The Morgan fingerprint density at radius 2 is 1.65 bits per heavy atom. The van der Waals surface area contributed by atoms with Gasteiger partial charge in [0.1, 0.15) is 11.5 Å². The Morgan fingerprint density at radius 1 is 0.935 bits per heavy atom. The average Bonchev–Trinajstić information content (AvgIpc) is 2.68. The molecule has 0 aromatic heterocycles. The maximum Gasteiger partial charge on any atom is 0.387 e. The number of nitrogens with zero attached hydrogens (tertiary/aromatic N) is 1. The molecule has 31 heavy (non-hydrogen) atoms. The van der Waals surface area contributed by atoms with Crippen molar-refractivity contribution in [3.8, 4) is 23.0 Å². The second kappa shape index (κ2) is 11.0. The highest BCUT2D eigenvalue weighted by molar-refractivity contribution is 5.95. The van der Waals surface area contributed by atoms with Gasteiger partial charge in [-0.2, -0.15) is 22.7 Å². The van der Waals surface area contributed by atoms with E-state index in [1.165, 1.54) is 25.3 Å². The van der Waals surface area contributed by atoms with Gasteiger partial charge in [-0.15, -0.1) is 0 Å². The van der Waals surface area contributed by atoms with Gasteiger partial charge in [0.2, 0.25) is 0 Å². The number of ether oxygens (including phenoxy) is 4. The van der Waals surface area contributed by atoms with E-state index in [-0.39, 0.29) is 23.0 Å². The predicted octanol–water partition coefficient (Wildman–Crippen LogP) is 4.45. The van der Waals surface area contributed by atoms with Crippen molar-refractivity contribution in [3.05, 3.63) is 47.5 Å². The summed E-state index contributed by atoms with van der Waals surface area (Å²) in [7, 11) is 1.42. The SMILES string of the molecule is COc1cc(C(=O)N/N=C/c2ccc(OC(F)F)cc2OC(F)F)ccc1OC(C)C. The molecular weight excluding hydrogens is 424 g/mol. The van der Waals surface area contributed by atoms with Crippen molar-refractivity contribution in [2.45, 2.75) is 33.2 Å². The van der Waals surface area contributed by atoms with Crippen molar-refractivity contribution < 1.29 is 41.3 Å². The molecule has 0 atom stereocenters. The lowest BCUT2D eigenvalue weighted by Crippen LogP contribution is -2.18. The van der Waals surface area contributed by atoms with Crippen LogP contribution in [0, 0.1) is 0 Å². The first kappa shape index (κ1) is 23.8. The molecule has 0 aliphatic heterocycles. The molecule has 168 valence electrons. The van der Waals surface area contributed by atoms with Crippen LogP contribution < -0.4 is 24.4 Å². The van der Waals surface area contributed by atoms with Gasteiger partial charge in [0.25, 0.3) is 5.91 Å². The molecule has 1 amide bonds. The van der Waals surface area contributed by atoms with Crippen molar-refractivity contribution in [1.29, 1.82) is 0 Å². The molecule has 0 bridgehead atoms. The van der Waals surface area contributed by atoms with E-state index < -0.39 is 24.9 Å². The van der Waals surface area contributed by atoms with E-state index >= 15 is 0 Å². The number of halogens is 4. The van der Waals surface area contributed by atoms with Crippen molar-refractivity contribution in [3.63, 3.8) is 0 Å². The minimum Gasteiger partial charge on any atom is -0.493 e. The van der Waals surface area contributed by atoms with E-state index in [4.69, 9.17) is 9.47 Å². The minimum absolute atomic E-state index is 0.000443. The van der Waals surface area contributed by atoms with Crippen LogP contribution in [0.2, 0.25) is 0 Å². The molecular formula is C20H20F4N2O5. The predicted molar refractivity (Wildman–Crippen MR) is 104 cm³/mol. The molecule has 0 saturated carbocycles. The normalized spacial score (nSPS) is 11.3. The molecule has 0 spiro atoms. The van der Waals surface area contributed by atoms with Gasteiger partial charge < -0.3 is 18.9 Å². The van der Waals surface area contributed by atoms with Gasteiger partial charge in [0.15, 0.2) is 11.5 Å². The molecule has 0 fully saturated rings. The fraction of sp³-hybridized carbons (Fsp3) is 0.300. The van der Waals surface area contributed by atoms with E-state index in [1.54, 1.807) is 6.07 Å². The van der Waals surface area contributed by atoms with Crippen LogP contribution in [0.15, 0.2) is 41.5 Å². The second-order valence-electron chi connectivity index (χ2n) is 6.19. The number of rotatable bonds is 10. The van der Waals surface area contributed by atoms with Crippen molar-refractivity contribution in [2.75, 3.05) is 7.11 Å². The van der Waals surface area contributed by atoms with Crippen LogP contribution in [0.5, 0.6) is 23.0 Å². The lowest BCUT2D eigenvalue weighted by Gasteiger charge is -2.14. The molecule has 0 heterocycles. The van der Waals surface area contributed by atoms with E-state index in [0.29, 0.717) is 11.5 Å². The van der Waals surface area contributed by atoms with Crippen LogP contribution in [0.4, 0.5) is 17.6 Å². The fourth-order valence-electron chi connectivity index (χ4n) is 2.38. The Balaban J connectivity index is 2.14. The molecule has 2 rings (SSSR count). The zero-order valence-electron chi connectivity index (χ0n) is 16.8. The van der Waals surface area contributed by atoms with Crippen LogP contribution in [0.3, 0.4) is 0 Å². The highest BCUT2D eigenvalue weighted by atomic mass is 19.3. The second-order valence-corrected chi connectivity index (χ2v) is 6.19. The number of carbonyl (C=O) groups is 1. The summed E-state index contributed by atoms with van der Waals surface area (Å²) in [5.41, 5.74) is 2.43. The number of hydrogen-bond donors (Lipinski definition) is 1. The summed E-state index contributed by atoms with van der Waals surface area (Å²) < 4.78 is 69.0. The van der Waals surface area contributed by atoms with Gasteiger partial charge >= 0.3 is 13.2 Å². The topological polar surface area (TPSA) is 78.4 Å². The highest BCUT2D eigenvalue weighted by Gasteiger charge is 2.14. The Labute approximate surface area is 175 Å². The summed E-state index contributed by atoms with van der Waals surface area (Å²) in [4.78, 5) is 12.3. The number of methoxy groups -OCH3 is 1. The van der Waals surface area contributed by atoms with Crippen LogP contribution in [0.25, 0.3) is 0 Å². The van der Waals surface area contributed by atoms with E-state index in [9.17, 15) is 22.4 Å². The number of hydrazone groups is 1. The number of amides is 1. The summed E-state index contributed by atoms with van der Waals surface area (Å²) >= 11 is 0. The van der Waals surface area contributed by atoms with Gasteiger partial charge in [-0.3, -0.25) is 4.79 Å². The molecule has 0 aliphatic rings. The van der Waals surface area contributed by atoms with Crippen LogP contribution >= 0.6 is 0 Å². The first-order valence-electron chi connectivity index (χ1n) is 8.91. The van der Waals surface area contributed by atoms with Crippen molar-refractivity contribution >= 4 is 12.1 Å². The van der Waals surface area contributed by atoms with Crippen molar-refractivity contribution in [1.82, 2.24) is 5.43 Å². The number of hydrogen-bond acceptors (Lipinski definition) is 6. The molecule has 0 radical (unpaired) electrons.